The standard InChI is InChI=1S/C11H9BrClFN4O/c1-19-9-3-7(15)8(2-6(9)14)17-10-5(12)4-16-11(13)18-10/h2-4H,15H2,1H3,(H,16,17,18). The highest BCUT2D eigenvalue weighted by molar-refractivity contribution is 9.10. The largest absolute Gasteiger partial charge is 0.494 e. The zero-order valence-electron chi connectivity index (χ0n) is 9.75. The van der Waals surface area contributed by atoms with Crippen molar-refractivity contribution in [3.05, 3.63) is 33.9 Å². The number of aromatic nitrogens is 2. The summed E-state index contributed by atoms with van der Waals surface area (Å²) in [6, 6.07) is 2.60. The van der Waals surface area contributed by atoms with Crippen LogP contribution in [0.25, 0.3) is 0 Å². The van der Waals surface area contributed by atoms with Gasteiger partial charge in [0, 0.05) is 18.3 Å². The second-order valence-corrected chi connectivity index (χ2v) is 4.73. The number of rotatable bonds is 3. The van der Waals surface area contributed by atoms with Gasteiger partial charge in [-0.1, -0.05) is 0 Å². The van der Waals surface area contributed by atoms with Crippen molar-refractivity contribution >= 4 is 44.7 Å². The van der Waals surface area contributed by atoms with E-state index in [9.17, 15) is 4.39 Å². The highest BCUT2D eigenvalue weighted by Crippen LogP contribution is 2.31. The van der Waals surface area contributed by atoms with Gasteiger partial charge < -0.3 is 15.8 Å². The molecule has 100 valence electrons. The third kappa shape index (κ3) is 3.05. The molecule has 0 aliphatic rings. The predicted octanol–water partition coefficient (Wildman–Crippen LogP) is 3.37. The Balaban J connectivity index is 2.38. The zero-order valence-corrected chi connectivity index (χ0v) is 12.1. The molecule has 0 radical (unpaired) electrons. The number of hydrogen-bond acceptors (Lipinski definition) is 5. The number of halogens is 3. The SMILES string of the molecule is COc1cc(N)c(Nc2nc(Cl)ncc2Br)cc1F. The van der Waals surface area contributed by atoms with E-state index >= 15 is 0 Å². The average Bonchev–Trinajstić information content (AvgIpc) is 2.37. The summed E-state index contributed by atoms with van der Waals surface area (Å²) in [5.41, 5.74) is 6.48. The van der Waals surface area contributed by atoms with Gasteiger partial charge in [-0.25, -0.2) is 9.37 Å². The minimum Gasteiger partial charge on any atom is -0.494 e. The number of nitrogen functional groups attached to an aromatic ring is 1. The fourth-order valence-electron chi connectivity index (χ4n) is 1.39. The van der Waals surface area contributed by atoms with Gasteiger partial charge in [-0.2, -0.15) is 4.98 Å². The van der Waals surface area contributed by atoms with Gasteiger partial charge in [0.15, 0.2) is 11.6 Å². The molecular weight excluding hydrogens is 339 g/mol. The highest BCUT2D eigenvalue weighted by atomic mass is 79.9. The van der Waals surface area contributed by atoms with E-state index in [1.165, 1.54) is 25.4 Å². The fourth-order valence-corrected chi connectivity index (χ4v) is 1.82. The molecule has 0 unspecified atom stereocenters. The predicted molar refractivity (Wildman–Crippen MR) is 75.4 cm³/mol. The van der Waals surface area contributed by atoms with Crippen LogP contribution in [-0.4, -0.2) is 17.1 Å². The number of nitrogens with two attached hydrogens (primary N) is 1. The normalized spacial score (nSPS) is 10.3. The van der Waals surface area contributed by atoms with E-state index in [0.29, 0.717) is 21.7 Å². The van der Waals surface area contributed by atoms with Crippen LogP contribution in [-0.2, 0) is 0 Å². The summed E-state index contributed by atoms with van der Waals surface area (Å²) in [6.07, 6.45) is 1.48. The molecule has 19 heavy (non-hydrogen) atoms. The number of anilines is 3. The monoisotopic (exact) mass is 346 g/mol. The third-order valence-corrected chi connectivity index (χ3v) is 3.05. The van der Waals surface area contributed by atoms with Gasteiger partial charge in [-0.3, -0.25) is 0 Å². The Kier molecular flexibility index (Phi) is 4.06. The Hall–Kier alpha value is -1.60. The Morgan fingerprint density at radius 3 is 2.89 bits per heavy atom. The summed E-state index contributed by atoms with van der Waals surface area (Å²) in [5, 5.41) is 2.94. The maximum Gasteiger partial charge on any atom is 0.224 e. The van der Waals surface area contributed by atoms with Crippen LogP contribution in [0, 0.1) is 5.82 Å². The van der Waals surface area contributed by atoms with Crippen LogP contribution >= 0.6 is 27.5 Å². The molecule has 0 aliphatic heterocycles. The summed E-state index contributed by atoms with van der Waals surface area (Å²) in [4.78, 5) is 7.76. The molecule has 3 N–H and O–H groups in total. The lowest BCUT2D eigenvalue weighted by atomic mass is 10.2. The van der Waals surface area contributed by atoms with Crippen LogP contribution in [0.3, 0.4) is 0 Å². The van der Waals surface area contributed by atoms with Crippen molar-refractivity contribution in [3.63, 3.8) is 0 Å². The van der Waals surface area contributed by atoms with E-state index in [1.807, 2.05) is 0 Å². The number of hydrogen-bond donors (Lipinski definition) is 2. The first-order valence-corrected chi connectivity index (χ1v) is 6.26. The lowest BCUT2D eigenvalue weighted by Gasteiger charge is -2.12. The molecule has 5 nitrogen and oxygen atoms in total. The molecule has 0 aliphatic carbocycles. The van der Waals surface area contributed by atoms with Crippen LogP contribution in [0.4, 0.5) is 21.6 Å². The van der Waals surface area contributed by atoms with Crippen LogP contribution in [0.5, 0.6) is 5.75 Å². The topological polar surface area (TPSA) is 73.1 Å². The molecular formula is C11H9BrClFN4O. The third-order valence-electron chi connectivity index (χ3n) is 2.29. The van der Waals surface area contributed by atoms with Gasteiger partial charge >= 0.3 is 0 Å². The van der Waals surface area contributed by atoms with Crippen molar-refractivity contribution in [2.24, 2.45) is 0 Å². The van der Waals surface area contributed by atoms with Crippen molar-refractivity contribution in [2.75, 3.05) is 18.2 Å². The summed E-state index contributed by atoms with van der Waals surface area (Å²) in [7, 11) is 1.37. The van der Waals surface area contributed by atoms with Crippen LogP contribution in [0.15, 0.2) is 22.8 Å². The molecule has 0 saturated carbocycles. The van der Waals surface area contributed by atoms with E-state index in [0.717, 1.165) is 0 Å². The first-order valence-electron chi connectivity index (χ1n) is 5.09. The lowest BCUT2D eigenvalue weighted by molar-refractivity contribution is 0.387. The maximum absolute atomic E-state index is 13.6. The van der Waals surface area contributed by atoms with Crippen LogP contribution < -0.4 is 15.8 Å². The van der Waals surface area contributed by atoms with E-state index in [1.54, 1.807) is 0 Å². The molecule has 1 aromatic carbocycles. The number of nitrogens with zero attached hydrogens (tertiary/aromatic N) is 2. The molecule has 2 aromatic rings. The zero-order chi connectivity index (χ0) is 14.0. The molecule has 0 atom stereocenters. The minimum atomic E-state index is -0.532. The molecule has 0 bridgehead atoms. The van der Waals surface area contributed by atoms with Gasteiger partial charge in [0.2, 0.25) is 5.28 Å². The fraction of sp³-hybridized carbons (Fsp3) is 0.0909. The van der Waals surface area contributed by atoms with E-state index in [-0.39, 0.29) is 11.0 Å². The minimum absolute atomic E-state index is 0.0678. The Morgan fingerprint density at radius 2 is 2.21 bits per heavy atom. The number of ether oxygens (including phenoxy) is 1. The van der Waals surface area contributed by atoms with Crippen molar-refractivity contribution < 1.29 is 9.13 Å². The molecule has 1 heterocycles. The van der Waals surface area contributed by atoms with E-state index in [4.69, 9.17) is 22.1 Å². The molecule has 8 heteroatoms. The maximum atomic E-state index is 13.6. The number of methoxy groups -OCH3 is 1. The van der Waals surface area contributed by atoms with Crippen molar-refractivity contribution in [1.82, 2.24) is 9.97 Å². The quantitative estimate of drug-likeness (QED) is 0.658. The van der Waals surface area contributed by atoms with Gasteiger partial charge in [-0.15, -0.1) is 0 Å². The molecule has 0 saturated heterocycles. The average molecular weight is 348 g/mol. The van der Waals surface area contributed by atoms with Gasteiger partial charge in [-0.05, 0) is 27.5 Å². The first kappa shape index (κ1) is 13.8. The Morgan fingerprint density at radius 1 is 1.47 bits per heavy atom. The second kappa shape index (κ2) is 5.58. The van der Waals surface area contributed by atoms with Gasteiger partial charge in [0.1, 0.15) is 5.82 Å². The lowest BCUT2D eigenvalue weighted by Crippen LogP contribution is -2.01. The summed E-state index contributed by atoms with van der Waals surface area (Å²) >= 11 is 8.95. The summed E-state index contributed by atoms with van der Waals surface area (Å²) in [5.74, 6) is -0.0745. The molecule has 2 rings (SSSR count). The van der Waals surface area contributed by atoms with Crippen molar-refractivity contribution in [1.29, 1.82) is 0 Å². The summed E-state index contributed by atoms with van der Waals surface area (Å²) in [6.45, 7) is 0. The van der Waals surface area contributed by atoms with Gasteiger partial charge in [0.05, 0.1) is 23.0 Å². The summed E-state index contributed by atoms with van der Waals surface area (Å²) < 4.78 is 19.0. The van der Waals surface area contributed by atoms with Crippen LogP contribution in [0.2, 0.25) is 5.28 Å². The van der Waals surface area contributed by atoms with Crippen molar-refractivity contribution in [2.45, 2.75) is 0 Å². The first-order chi connectivity index (χ1) is 9.01. The van der Waals surface area contributed by atoms with E-state index < -0.39 is 5.82 Å². The highest BCUT2D eigenvalue weighted by Gasteiger charge is 2.11. The number of benzene rings is 1. The molecule has 0 spiro atoms. The molecule has 0 fully saturated rings. The van der Waals surface area contributed by atoms with Gasteiger partial charge in [0.25, 0.3) is 0 Å². The van der Waals surface area contributed by atoms with E-state index in [2.05, 4.69) is 31.2 Å². The Labute approximate surface area is 122 Å². The Bertz CT molecular complexity index is 626. The van der Waals surface area contributed by atoms with Crippen LogP contribution in [0.1, 0.15) is 0 Å². The number of nitrogens with one attached hydrogen (secondary N) is 1. The smallest absolute Gasteiger partial charge is 0.224 e. The molecule has 0 amide bonds. The van der Waals surface area contributed by atoms with Crippen molar-refractivity contribution in [3.8, 4) is 5.75 Å². The second-order valence-electron chi connectivity index (χ2n) is 3.53. The molecule has 1 aromatic heterocycles.